The van der Waals surface area contributed by atoms with E-state index in [1.54, 1.807) is 37.6 Å². The second-order valence-corrected chi connectivity index (χ2v) is 5.64. The molecule has 7 heteroatoms. The Morgan fingerprint density at radius 1 is 1.43 bits per heavy atom. The lowest BCUT2D eigenvalue weighted by Crippen LogP contribution is -2.38. The van der Waals surface area contributed by atoms with Crippen LogP contribution in [0.15, 0.2) is 41.0 Å². The fourth-order valence-corrected chi connectivity index (χ4v) is 2.51. The SMILES string of the molecule is COc1ccc(C(=O)NC(=S)NCc2ccco2)cc1I. The van der Waals surface area contributed by atoms with Gasteiger partial charge in [-0.15, -0.1) is 0 Å². The Morgan fingerprint density at radius 2 is 2.24 bits per heavy atom. The van der Waals surface area contributed by atoms with E-state index in [2.05, 4.69) is 33.2 Å². The highest BCUT2D eigenvalue weighted by molar-refractivity contribution is 14.1. The van der Waals surface area contributed by atoms with Crippen molar-refractivity contribution in [3.05, 3.63) is 51.5 Å². The number of nitrogens with one attached hydrogen (secondary N) is 2. The molecule has 0 bridgehead atoms. The maximum absolute atomic E-state index is 12.1. The zero-order valence-corrected chi connectivity index (χ0v) is 14.2. The third-order valence-corrected chi connectivity index (χ3v) is 3.73. The van der Waals surface area contributed by atoms with Gasteiger partial charge < -0.3 is 14.5 Å². The average molecular weight is 416 g/mol. The first-order chi connectivity index (χ1) is 10.1. The molecule has 0 radical (unpaired) electrons. The topological polar surface area (TPSA) is 63.5 Å². The second-order valence-electron chi connectivity index (χ2n) is 4.07. The molecule has 2 N–H and O–H groups in total. The second kappa shape index (κ2) is 7.41. The van der Waals surface area contributed by atoms with E-state index in [4.69, 9.17) is 21.4 Å². The van der Waals surface area contributed by atoms with Crippen molar-refractivity contribution >= 4 is 45.8 Å². The minimum atomic E-state index is -0.271. The number of benzene rings is 1. The number of hydrogen-bond acceptors (Lipinski definition) is 4. The summed E-state index contributed by atoms with van der Waals surface area (Å²) < 4.78 is 11.2. The van der Waals surface area contributed by atoms with Crippen LogP contribution in [0.3, 0.4) is 0 Å². The van der Waals surface area contributed by atoms with Crippen LogP contribution in [0, 0.1) is 3.57 Å². The van der Waals surface area contributed by atoms with Crippen molar-refractivity contribution in [2.75, 3.05) is 7.11 Å². The Morgan fingerprint density at radius 3 is 2.86 bits per heavy atom. The summed E-state index contributed by atoms with van der Waals surface area (Å²) in [7, 11) is 1.59. The largest absolute Gasteiger partial charge is 0.496 e. The number of furan rings is 1. The number of amides is 1. The summed E-state index contributed by atoms with van der Waals surface area (Å²) in [6.45, 7) is 0.423. The number of carbonyl (C=O) groups is 1. The minimum absolute atomic E-state index is 0.252. The van der Waals surface area contributed by atoms with Gasteiger partial charge in [0.15, 0.2) is 5.11 Å². The van der Waals surface area contributed by atoms with E-state index < -0.39 is 0 Å². The quantitative estimate of drug-likeness (QED) is 0.593. The summed E-state index contributed by atoms with van der Waals surface area (Å²) in [4.78, 5) is 12.1. The monoisotopic (exact) mass is 416 g/mol. The van der Waals surface area contributed by atoms with Gasteiger partial charge in [-0.25, -0.2) is 0 Å². The molecule has 1 aromatic heterocycles. The Kier molecular flexibility index (Phi) is 5.57. The number of ether oxygens (including phenoxy) is 1. The predicted molar refractivity (Wildman–Crippen MR) is 91.3 cm³/mol. The molecule has 0 unspecified atom stereocenters. The zero-order chi connectivity index (χ0) is 15.2. The zero-order valence-electron chi connectivity index (χ0n) is 11.2. The van der Waals surface area contributed by atoms with E-state index in [1.165, 1.54) is 0 Å². The molecule has 0 aliphatic heterocycles. The number of rotatable bonds is 4. The number of halogens is 1. The summed E-state index contributed by atoms with van der Waals surface area (Å²) in [5, 5.41) is 5.77. The average Bonchev–Trinajstić information content (AvgIpc) is 2.98. The molecular formula is C14H13IN2O3S. The molecule has 2 rings (SSSR count). The third-order valence-electron chi connectivity index (χ3n) is 2.64. The highest BCUT2D eigenvalue weighted by Gasteiger charge is 2.10. The lowest BCUT2D eigenvalue weighted by atomic mass is 10.2. The van der Waals surface area contributed by atoms with E-state index in [-0.39, 0.29) is 11.0 Å². The van der Waals surface area contributed by atoms with Crippen LogP contribution in [-0.2, 0) is 6.54 Å². The molecule has 0 aliphatic rings. The molecule has 5 nitrogen and oxygen atoms in total. The fraction of sp³-hybridized carbons (Fsp3) is 0.143. The van der Waals surface area contributed by atoms with Crippen molar-refractivity contribution in [2.45, 2.75) is 6.54 Å². The van der Waals surface area contributed by atoms with Crippen molar-refractivity contribution in [3.63, 3.8) is 0 Å². The van der Waals surface area contributed by atoms with Gasteiger partial charge in [-0.2, -0.15) is 0 Å². The van der Waals surface area contributed by atoms with Crippen molar-refractivity contribution in [2.24, 2.45) is 0 Å². The van der Waals surface area contributed by atoms with Crippen molar-refractivity contribution in [1.82, 2.24) is 10.6 Å². The highest BCUT2D eigenvalue weighted by atomic mass is 127. The van der Waals surface area contributed by atoms with E-state index in [9.17, 15) is 4.79 Å². The molecule has 0 saturated carbocycles. The molecule has 0 spiro atoms. The van der Waals surface area contributed by atoms with Crippen LogP contribution in [-0.4, -0.2) is 18.1 Å². The predicted octanol–water partition coefficient (Wildman–Crippen LogP) is 2.70. The summed E-state index contributed by atoms with van der Waals surface area (Å²) in [5.74, 6) is 1.20. The number of carbonyl (C=O) groups excluding carboxylic acids is 1. The number of thiocarbonyl (C=S) groups is 1. The molecule has 0 aliphatic carbocycles. The molecule has 110 valence electrons. The van der Waals surface area contributed by atoms with Crippen LogP contribution in [0.2, 0.25) is 0 Å². The van der Waals surface area contributed by atoms with Gasteiger partial charge in [-0.05, 0) is 65.1 Å². The van der Waals surface area contributed by atoms with Gasteiger partial charge in [0.1, 0.15) is 11.5 Å². The van der Waals surface area contributed by atoms with Gasteiger partial charge in [0.2, 0.25) is 0 Å². The fourth-order valence-electron chi connectivity index (χ4n) is 1.61. The molecule has 0 atom stereocenters. The van der Waals surface area contributed by atoms with Gasteiger partial charge in [0.05, 0.1) is 23.5 Å². The highest BCUT2D eigenvalue weighted by Crippen LogP contribution is 2.21. The first-order valence-corrected chi connectivity index (χ1v) is 7.54. The van der Waals surface area contributed by atoms with E-state index in [1.807, 2.05) is 6.07 Å². The Bertz CT molecular complexity index is 644. The maximum Gasteiger partial charge on any atom is 0.257 e. The van der Waals surface area contributed by atoms with E-state index >= 15 is 0 Å². The molecular weight excluding hydrogens is 403 g/mol. The minimum Gasteiger partial charge on any atom is -0.496 e. The van der Waals surface area contributed by atoms with Crippen LogP contribution in [0.4, 0.5) is 0 Å². The molecule has 1 heterocycles. The van der Waals surface area contributed by atoms with Gasteiger partial charge in [0, 0.05) is 5.56 Å². The van der Waals surface area contributed by atoms with Crippen molar-refractivity contribution in [1.29, 1.82) is 0 Å². The molecule has 1 aromatic carbocycles. The van der Waals surface area contributed by atoms with Crippen molar-refractivity contribution < 1.29 is 13.9 Å². The van der Waals surface area contributed by atoms with Crippen molar-refractivity contribution in [3.8, 4) is 5.75 Å². The Hall–Kier alpha value is -1.61. The maximum atomic E-state index is 12.1. The molecule has 0 saturated heterocycles. The first-order valence-electron chi connectivity index (χ1n) is 6.05. The number of hydrogen-bond donors (Lipinski definition) is 2. The van der Waals surface area contributed by atoms with Gasteiger partial charge in [-0.3, -0.25) is 10.1 Å². The molecule has 2 aromatic rings. The number of methoxy groups -OCH3 is 1. The van der Waals surface area contributed by atoms with Gasteiger partial charge >= 0.3 is 0 Å². The molecule has 0 fully saturated rings. The van der Waals surface area contributed by atoms with Crippen LogP contribution in [0.25, 0.3) is 0 Å². The molecule has 1 amide bonds. The Balaban J connectivity index is 1.91. The van der Waals surface area contributed by atoms with E-state index in [0.29, 0.717) is 12.1 Å². The van der Waals surface area contributed by atoms with Crippen LogP contribution >= 0.6 is 34.8 Å². The van der Waals surface area contributed by atoms with Crippen LogP contribution in [0.5, 0.6) is 5.75 Å². The van der Waals surface area contributed by atoms with Gasteiger partial charge in [0.25, 0.3) is 5.91 Å². The van der Waals surface area contributed by atoms with Crippen LogP contribution in [0.1, 0.15) is 16.1 Å². The standard InChI is InChI=1S/C14H13IN2O3S/c1-19-12-5-4-9(7-11(12)15)13(18)17-14(21)16-8-10-3-2-6-20-10/h2-7H,8H2,1H3,(H2,16,17,18,21). The van der Waals surface area contributed by atoms with Gasteiger partial charge in [-0.1, -0.05) is 0 Å². The smallest absolute Gasteiger partial charge is 0.257 e. The first kappa shape index (κ1) is 15.8. The lowest BCUT2D eigenvalue weighted by molar-refractivity contribution is 0.0976. The Labute approximate surface area is 141 Å². The summed E-state index contributed by atoms with van der Waals surface area (Å²) in [5.41, 5.74) is 0.516. The molecule has 21 heavy (non-hydrogen) atoms. The summed E-state index contributed by atoms with van der Waals surface area (Å²) >= 11 is 7.18. The van der Waals surface area contributed by atoms with E-state index in [0.717, 1.165) is 15.1 Å². The normalized spacial score (nSPS) is 10.0. The summed E-state index contributed by atoms with van der Waals surface area (Å²) in [6, 6.07) is 8.78. The van der Waals surface area contributed by atoms with Crippen LogP contribution < -0.4 is 15.4 Å². The lowest BCUT2D eigenvalue weighted by Gasteiger charge is -2.09. The third kappa shape index (κ3) is 4.43. The summed E-state index contributed by atoms with van der Waals surface area (Å²) in [6.07, 6.45) is 1.58.